The summed E-state index contributed by atoms with van der Waals surface area (Å²) in [4.78, 5) is 22.3. The van der Waals surface area contributed by atoms with Gasteiger partial charge in [0.15, 0.2) is 0 Å². The van der Waals surface area contributed by atoms with Crippen molar-refractivity contribution in [2.24, 2.45) is 5.92 Å². The highest BCUT2D eigenvalue weighted by atomic mass is 16.4. The van der Waals surface area contributed by atoms with Crippen LogP contribution in [0.15, 0.2) is 0 Å². The molecule has 16 heavy (non-hydrogen) atoms. The van der Waals surface area contributed by atoms with Gasteiger partial charge in [0.2, 0.25) is 0 Å². The lowest BCUT2D eigenvalue weighted by atomic mass is 9.74. The largest absolute Gasteiger partial charge is 0.481 e. The molecule has 0 aromatic carbocycles. The van der Waals surface area contributed by atoms with E-state index in [4.69, 9.17) is 5.11 Å². The van der Waals surface area contributed by atoms with E-state index < -0.39 is 11.5 Å². The first-order chi connectivity index (χ1) is 7.51. The molecule has 2 aliphatic carbocycles. The van der Waals surface area contributed by atoms with E-state index in [9.17, 15) is 9.59 Å². The standard InChI is InChI=1S/C11H18N2O3/c1-7-5-8(7)12-10(16)13-11(3-2-4-11)6-9(14)15/h7-8H,2-6H2,1H3,(H,14,15)(H2,12,13,16). The van der Waals surface area contributed by atoms with E-state index in [1.807, 2.05) is 0 Å². The number of carboxylic acid groups (broad SMARTS) is 1. The van der Waals surface area contributed by atoms with Crippen molar-refractivity contribution in [2.45, 2.75) is 50.6 Å². The van der Waals surface area contributed by atoms with E-state index >= 15 is 0 Å². The van der Waals surface area contributed by atoms with Crippen LogP contribution < -0.4 is 10.6 Å². The predicted octanol–water partition coefficient (Wildman–Crippen LogP) is 1.09. The number of hydrogen-bond acceptors (Lipinski definition) is 2. The van der Waals surface area contributed by atoms with Crippen molar-refractivity contribution in [3.8, 4) is 0 Å². The Morgan fingerprint density at radius 3 is 2.44 bits per heavy atom. The molecule has 0 spiro atoms. The van der Waals surface area contributed by atoms with Crippen molar-refractivity contribution < 1.29 is 14.7 Å². The molecule has 0 aliphatic heterocycles. The van der Waals surface area contributed by atoms with E-state index in [0.29, 0.717) is 5.92 Å². The van der Waals surface area contributed by atoms with Gasteiger partial charge in [-0.05, 0) is 31.6 Å². The fraction of sp³-hybridized carbons (Fsp3) is 0.818. The molecule has 3 N–H and O–H groups in total. The van der Waals surface area contributed by atoms with Crippen LogP contribution in [0.1, 0.15) is 39.0 Å². The van der Waals surface area contributed by atoms with Gasteiger partial charge in [0.25, 0.3) is 0 Å². The number of amides is 2. The highest BCUT2D eigenvalue weighted by molar-refractivity contribution is 5.77. The average molecular weight is 226 g/mol. The number of hydrogen-bond donors (Lipinski definition) is 3. The minimum Gasteiger partial charge on any atom is -0.481 e. The van der Waals surface area contributed by atoms with Crippen LogP contribution in [0.5, 0.6) is 0 Å². The smallest absolute Gasteiger partial charge is 0.315 e. The van der Waals surface area contributed by atoms with Crippen LogP contribution in [0.4, 0.5) is 4.79 Å². The van der Waals surface area contributed by atoms with Crippen molar-refractivity contribution in [1.82, 2.24) is 10.6 Å². The zero-order valence-electron chi connectivity index (χ0n) is 9.45. The third kappa shape index (κ3) is 2.46. The summed E-state index contributed by atoms with van der Waals surface area (Å²) in [5.74, 6) is -0.289. The molecule has 0 aromatic rings. The number of nitrogens with one attached hydrogen (secondary N) is 2. The maximum atomic E-state index is 11.6. The first-order valence-corrected chi connectivity index (χ1v) is 5.81. The topological polar surface area (TPSA) is 78.4 Å². The van der Waals surface area contributed by atoms with Crippen LogP contribution in [-0.2, 0) is 4.79 Å². The summed E-state index contributed by atoms with van der Waals surface area (Å²) >= 11 is 0. The molecule has 2 fully saturated rings. The Morgan fingerprint density at radius 1 is 1.44 bits per heavy atom. The minimum atomic E-state index is -0.847. The highest BCUT2D eigenvalue weighted by Crippen LogP contribution is 2.35. The average Bonchev–Trinajstić information content (AvgIpc) is 2.76. The van der Waals surface area contributed by atoms with Crippen molar-refractivity contribution >= 4 is 12.0 Å². The van der Waals surface area contributed by atoms with Crippen LogP contribution in [0.3, 0.4) is 0 Å². The SMILES string of the molecule is CC1CC1NC(=O)NC1(CC(=O)O)CCC1. The number of carbonyl (C=O) groups is 2. The molecular weight excluding hydrogens is 208 g/mol. The Morgan fingerprint density at radius 2 is 2.06 bits per heavy atom. The second kappa shape index (κ2) is 3.96. The molecule has 90 valence electrons. The lowest BCUT2D eigenvalue weighted by Crippen LogP contribution is -2.57. The monoisotopic (exact) mass is 226 g/mol. The van der Waals surface area contributed by atoms with Crippen LogP contribution in [0.2, 0.25) is 0 Å². The van der Waals surface area contributed by atoms with Crippen molar-refractivity contribution in [1.29, 1.82) is 0 Å². The molecule has 0 bridgehead atoms. The van der Waals surface area contributed by atoms with Crippen LogP contribution in [0.25, 0.3) is 0 Å². The summed E-state index contributed by atoms with van der Waals surface area (Å²) < 4.78 is 0. The quantitative estimate of drug-likeness (QED) is 0.671. The Labute approximate surface area is 94.6 Å². The van der Waals surface area contributed by atoms with Gasteiger partial charge in [0.1, 0.15) is 0 Å². The number of urea groups is 1. The Hall–Kier alpha value is -1.26. The van der Waals surface area contributed by atoms with E-state index in [1.165, 1.54) is 0 Å². The molecule has 0 aromatic heterocycles. The van der Waals surface area contributed by atoms with E-state index in [1.54, 1.807) is 0 Å². The normalized spacial score (nSPS) is 30.1. The molecule has 2 unspecified atom stereocenters. The molecule has 2 atom stereocenters. The van der Waals surface area contributed by atoms with Gasteiger partial charge in [0.05, 0.1) is 12.0 Å². The maximum absolute atomic E-state index is 11.6. The summed E-state index contributed by atoms with van der Waals surface area (Å²) in [7, 11) is 0. The Balaban J connectivity index is 1.81. The van der Waals surface area contributed by atoms with Crippen molar-refractivity contribution in [2.75, 3.05) is 0 Å². The molecule has 0 saturated heterocycles. The lowest BCUT2D eigenvalue weighted by Gasteiger charge is -2.41. The van der Waals surface area contributed by atoms with E-state index in [2.05, 4.69) is 17.6 Å². The van der Waals surface area contributed by atoms with Crippen molar-refractivity contribution in [3.63, 3.8) is 0 Å². The van der Waals surface area contributed by atoms with Gasteiger partial charge >= 0.3 is 12.0 Å². The van der Waals surface area contributed by atoms with E-state index in [-0.39, 0.29) is 18.5 Å². The summed E-state index contributed by atoms with van der Waals surface area (Å²) in [5, 5.41) is 14.5. The number of aliphatic carboxylic acids is 1. The zero-order chi connectivity index (χ0) is 11.8. The zero-order valence-corrected chi connectivity index (χ0v) is 9.45. The molecule has 5 nitrogen and oxygen atoms in total. The lowest BCUT2D eigenvalue weighted by molar-refractivity contribution is -0.139. The summed E-state index contributed by atoms with van der Waals surface area (Å²) in [6.07, 6.45) is 3.59. The number of rotatable bonds is 4. The van der Waals surface area contributed by atoms with Gasteiger partial charge in [-0.3, -0.25) is 4.79 Å². The third-order valence-electron chi connectivity index (χ3n) is 3.60. The fourth-order valence-corrected chi connectivity index (χ4v) is 2.21. The molecule has 2 rings (SSSR count). The summed E-state index contributed by atoms with van der Waals surface area (Å²) in [6, 6.07) is 0.0669. The van der Waals surface area contributed by atoms with Crippen LogP contribution in [0, 0.1) is 5.92 Å². The fourth-order valence-electron chi connectivity index (χ4n) is 2.21. The number of carboxylic acids is 1. The van der Waals surface area contributed by atoms with Crippen LogP contribution in [-0.4, -0.2) is 28.7 Å². The molecule has 2 aliphatic rings. The van der Waals surface area contributed by atoms with Gasteiger partial charge in [-0.1, -0.05) is 6.92 Å². The minimum absolute atomic E-state index is 0.0284. The first-order valence-electron chi connectivity index (χ1n) is 5.81. The summed E-state index contributed by atoms with van der Waals surface area (Å²) in [5.41, 5.74) is -0.492. The maximum Gasteiger partial charge on any atom is 0.315 e. The third-order valence-corrected chi connectivity index (χ3v) is 3.60. The van der Waals surface area contributed by atoms with Crippen LogP contribution >= 0.6 is 0 Å². The molecule has 0 radical (unpaired) electrons. The Bertz CT molecular complexity index is 312. The second-order valence-electron chi connectivity index (χ2n) is 5.12. The number of carbonyl (C=O) groups excluding carboxylic acids is 1. The van der Waals surface area contributed by atoms with E-state index in [0.717, 1.165) is 25.7 Å². The van der Waals surface area contributed by atoms with Crippen molar-refractivity contribution in [3.05, 3.63) is 0 Å². The second-order valence-corrected chi connectivity index (χ2v) is 5.12. The molecule has 5 heteroatoms. The van der Waals surface area contributed by atoms with Gasteiger partial charge in [0, 0.05) is 6.04 Å². The first kappa shape index (κ1) is 11.2. The molecular formula is C11H18N2O3. The Kier molecular flexibility index (Phi) is 2.78. The molecule has 0 heterocycles. The van der Waals surface area contributed by atoms with Gasteiger partial charge < -0.3 is 15.7 Å². The predicted molar refractivity (Wildman–Crippen MR) is 58.1 cm³/mol. The molecule has 2 saturated carbocycles. The van der Waals surface area contributed by atoms with Gasteiger partial charge in [-0.2, -0.15) is 0 Å². The summed E-state index contributed by atoms with van der Waals surface area (Å²) in [6.45, 7) is 2.08. The van der Waals surface area contributed by atoms with Gasteiger partial charge in [-0.15, -0.1) is 0 Å². The molecule has 2 amide bonds. The van der Waals surface area contributed by atoms with Gasteiger partial charge in [-0.25, -0.2) is 4.79 Å². The highest BCUT2D eigenvalue weighted by Gasteiger charge is 2.42.